The molecule has 1 heterocycles. The lowest BCUT2D eigenvalue weighted by molar-refractivity contribution is 0.239. The van der Waals surface area contributed by atoms with Crippen molar-refractivity contribution in [1.29, 1.82) is 0 Å². The Balaban J connectivity index is 1.50. The molecule has 0 aromatic heterocycles. The first kappa shape index (κ1) is 11.9. The Hall–Kier alpha value is -0.120. The van der Waals surface area contributed by atoms with E-state index >= 15 is 0 Å². The first-order valence-corrected chi connectivity index (χ1v) is 7.40. The molecular formula is C14H26N2O. The van der Waals surface area contributed by atoms with Crippen LogP contribution in [-0.2, 0) is 0 Å². The number of hydrogen-bond donors (Lipinski definition) is 2. The molecule has 1 saturated heterocycles. The van der Waals surface area contributed by atoms with Crippen molar-refractivity contribution in [2.45, 2.75) is 69.6 Å². The number of aliphatic hydroxyl groups is 1. The van der Waals surface area contributed by atoms with Crippen molar-refractivity contribution >= 4 is 0 Å². The van der Waals surface area contributed by atoms with Crippen molar-refractivity contribution in [1.82, 2.24) is 10.2 Å². The highest BCUT2D eigenvalue weighted by atomic mass is 16.3. The highest BCUT2D eigenvalue weighted by Gasteiger charge is 2.40. The van der Waals surface area contributed by atoms with Gasteiger partial charge in [0, 0.05) is 37.3 Å². The summed E-state index contributed by atoms with van der Waals surface area (Å²) >= 11 is 0. The van der Waals surface area contributed by atoms with Crippen molar-refractivity contribution in [3.8, 4) is 0 Å². The molecule has 2 saturated carbocycles. The molecular weight excluding hydrogens is 212 g/mol. The largest absolute Gasteiger partial charge is 0.396 e. The summed E-state index contributed by atoms with van der Waals surface area (Å²) in [5.74, 6) is 0.854. The number of hydrogen-bond acceptors (Lipinski definition) is 3. The van der Waals surface area contributed by atoms with Crippen LogP contribution in [0.2, 0.25) is 0 Å². The Morgan fingerprint density at radius 3 is 2.65 bits per heavy atom. The lowest BCUT2D eigenvalue weighted by Crippen LogP contribution is -2.42. The molecule has 2 N–H and O–H groups in total. The zero-order chi connectivity index (χ0) is 11.8. The Morgan fingerprint density at radius 2 is 2.06 bits per heavy atom. The van der Waals surface area contributed by atoms with Gasteiger partial charge in [-0.05, 0) is 51.4 Å². The van der Waals surface area contributed by atoms with Crippen LogP contribution in [0.4, 0.5) is 0 Å². The molecule has 0 radical (unpaired) electrons. The lowest BCUT2D eigenvalue weighted by atomic mass is 10.1. The van der Waals surface area contributed by atoms with E-state index in [1.54, 1.807) is 0 Å². The Bertz CT molecular complexity index is 263. The second kappa shape index (κ2) is 4.87. The van der Waals surface area contributed by atoms with Gasteiger partial charge in [0.2, 0.25) is 0 Å². The van der Waals surface area contributed by atoms with E-state index in [0.717, 1.165) is 24.4 Å². The van der Waals surface area contributed by atoms with Crippen LogP contribution in [0.5, 0.6) is 0 Å². The molecule has 0 aromatic rings. The SMILES string of the molecule is CC1CC(NC(CCO)C2CC2)CN1C1CC1. The van der Waals surface area contributed by atoms with E-state index < -0.39 is 0 Å². The maximum absolute atomic E-state index is 9.14. The van der Waals surface area contributed by atoms with Crippen molar-refractivity contribution in [3.63, 3.8) is 0 Å². The fourth-order valence-corrected chi connectivity index (χ4v) is 3.49. The Kier molecular flexibility index (Phi) is 3.42. The van der Waals surface area contributed by atoms with Gasteiger partial charge in [-0.25, -0.2) is 0 Å². The van der Waals surface area contributed by atoms with Crippen LogP contribution in [0, 0.1) is 5.92 Å². The normalized spacial score (nSPS) is 36.4. The van der Waals surface area contributed by atoms with Gasteiger partial charge in [0.1, 0.15) is 0 Å². The van der Waals surface area contributed by atoms with Gasteiger partial charge in [0.25, 0.3) is 0 Å². The van der Waals surface area contributed by atoms with Crippen LogP contribution in [0.3, 0.4) is 0 Å². The summed E-state index contributed by atoms with van der Waals surface area (Å²) in [5.41, 5.74) is 0. The van der Waals surface area contributed by atoms with Crippen LogP contribution in [0.1, 0.15) is 45.4 Å². The van der Waals surface area contributed by atoms with Crippen LogP contribution in [0.15, 0.2) is 0 Å². The minimum absolute atomic E-state index is 0.336. The van der Waals surface area contributed by atoms with E-state index in [-0.39, 0.29) is 0 Å². The van der Waals surface area contributed by atoms with Crippen molar-refractivity contribution < 1.29 is 5.11 Å². The molecule has 3 heteroatoms. The summed E-state index contributed by atoms with van der Waals surface area (Å²) in [4.78, 5) is 2.70. The van der Waals surface area contributed by atoms with Crippen LogP contribution < -0.4 is 5.32 Å². The van der Waals surface area contributed by atoms with Gasteiger partial charge in [-0.15, -0.1) is 0 Å². The molecule has 3 rings (SSSR count). The maximum atomic E-state index is 9.14. The quantitative estimate of drug-likeness (QED) is 0.733. The zero-order valence-corrected chi connectivity index (χ0v) is 10.9. The molecule has 0 amide bonds. The third-order valence-electron chi connectivity index (χ3n) is 4.72. The van der Waals surface area contributed by atoms with E-state index in [0.29, 0.717) is 18.7 Å². The standard InChI is InChI=1S/C14H26N2O/c1-10-8-12(9-16(10)13-4-5-13)15-14(6-7-17)11-2-3-11/h10-15,17H,2-9H2,1H3. The van der Waals surface area contributed by atoms with Crippen LogP contribution in [0.25, 0.3) is 0 Å². The van der Waals surface area contributed by atoms with E-state index in [9.17, 15) is 0 Å². The van der Waals surface area contributed by atoms with Gasteiger partial charge < -0.3 is 10.4 Å². The lowest BCUT2D eigenvalue weighted by Gasteiger charge is -2.23. The second-order valence-electron chi connectivity index (χ2n) is 6.33. The van der Waals surface area contributed by atoms with Crippen LogP contribution in [-0.4, -0.2) is 47.3 Å². The van der Waals surface area contributed by atoms with Crippen molar-refractivity contribution in [2.24, 2.45) is 5.92 Å². The first-order chi connectivity index (χ1) is 8.28. The van der Waals surface area contributed by atoms with E-state index in [1.807, 2.05) is 0 Å². The molecule has 0 spiro atoms. The van der Waals surface area contributed by atoms with E-state index in [4.69, 9.17) is 5.11 Å². The molecule has 3 atom stereocenters. The number of nitrogens with zero attached hydrogens (tertiary/aromatic N) is 1. The summed E-state index contributed by atoms with van der Waals surface area (Å²) in [6.45, 7) is 3.95. The molecule has 1 aliphatic heterocycles. The second-order valence-corrected chi connectivity index (χ2v) is 6.33. The molecule has 0 bridgehead atoms. The number of likely N-dealkylation sites (tertiary alicyclic amines) is 1. The zero-order valence-electron chi connectivity index (χ0n) is 10.9. The van der Waals surface area contributed by atoms with Gasteiger partial charge in [-0.3, -0.25) is 4.90 Å². The molecule has 3 unspecified atom stereocenters. The van der Waals surface area contributed by atoms with Crippen molar-refractivity contribution in [2.75, 3.05) is 13.2 Å². The predicted molar refractivity (Wildman–Crippen MR) is 68.9 cm³/mol. The molecule has 98 valence electrons. The van der Waals surface area contributed by atoms with Crippen molar-refractivity contribution in [3.05, 3.63) is 0 Å². The van der Waals surface area contributed by atoms with Gasteiger partial charge in [0.15, 0.2) is 0 Å². The molecule has 3 aliphatic rings. The van der Waals surface area contributed by atoms with E-state index in [2.05, 4.69) is 17.1 Å². The summed E-state index contributed by atoms with van der Waals surface area (Å²) < 4.78 is 0. The predicted octanol–water partition coefficient (Wildman–Crippen LogP) is 1.36. The van der Waals surface area contributed by atoms with Gasteiger partial charge in [0.05, 0.1) is 0 Å². The molecule has 0 aromatic carbocycles. The van der Waals surface area contributed by atoms with E-state index in [1.165, 1.54) is 38.6 Å². The number of nitrogens with one attached hydrogen (secondary N) is 1. The summed E-state index contributed by atoms with van der Waals surface area (Å²) in [5, 5.41) is 13.0. The van der Waals surface area contributed by atoms with Crippen LogP contribution >= 0.6 is 0 Å². The first-order valence-electron chi connectivity index (χ1n) is 7.40. The van der Waals surface area contributed by atoms with Gasteiger partial charge in [-0.2, -0.15) is 0 Å². The monoisotopic (exact) mass is 238 g/mol. The third-order valence-corrected chi connectivity index (χ3v) is 4.72. The number of aliphatic hydroxyl groups excluding tert-OH is 1. The topological polar surface area (TPSA) is 35.5 Å². The highest BCUT2D eigenvalue weighted by molar-refractivity contribution is 4.98. The molecule has 3 nitrogen and oxygen atoms in total. The fourth-order valence-electron chi connectivity index (χ4n) is 3.49. The minimum atomic E-state index is 0.336. The fraction of sp³-hybridized carbons (Fsp3) is 1.00. The smallest absolute Gasteiger partial charge is 0.0445 e. The number of rotatable bonds is 6. The molecule has 2 aliphatic carbocycles. The summed E-state index contributed by atoms with van der Waals surface area (Å²) in [6, 6.07) is 2.90. The molecule has 17 heavy (non-hydrogen) atoms. The van der Waals surface area contributed by atoms with Gasteiger partial charge in [-0.1, -0.05) is 0 Å². The molecule has 3 fully saturated rings. The maximum Gasteiger partial charge on any atom is 0.0445 e. The third kappa shape index (κ3) is 2.83. The Labute approximate surface area is 105 Å². The average molecular weight is 238 g/mol. The Morgan fingerprint density at radius 1 is 1.29 bits per heavy atom. The summed E-state index contributed by atoms with van der Waals surface area (Å²) in [7, 11) is 0. The average Bonchev–Trinajstić information content (AvgIpc) is 3.18. The summed E-state index contributed by atoms with van der Waals surface area (Å²) in [6.07, 6.45) is 7.81. The van der Waals surface area contributed by atoms with Gasteiger partial charge >= 0.3 is 0 Å². The highest BCUT2D eigenvalue weighted by Crippen LogP contribution is 2.36. The minimum Gasteiger partial charge on any atom is -0.396 e.